The van der Waals surface area contributed by atoms with Gasteiger partial charge in [-0.25, -0.2) is 9.37 Å². The molecule has 0 bridgehead atoms. The van der Waals surface area contributed by atoms with Crippen molar-refractivity contribution in [2.75, 3.05) is 5.32 Å². The summed E-state index contributed by atoms with van der Waals surface area (Å²) in [5.74, 6) is -0.312. The van der Waals surface area contributed by atoms with E-state index in [0.29, 0.717) is 12.2 Å². The van der Waals surface area contributed by atoms with Crippen molar-refractivity contribution in [3.05, 3.63) is 34.9 Å². The second-order valence-corrected chi connectivity index (χ2v) is 5.32. The van der Waals surface area contributed by atoms with Crippen molar-refractivity contribution in [1.29, 1.82) is 0 Å². The van der Waals surface area contributed by atoms with Gasteiger partial charge in [-0.3, -0.25) is 4.79 Å². The Labute approximate surface area is 112 Å². The lowest BCUT2D eigenvalue weighted by molar-refractivity contribution is -0.117. The van der Waals surface area contributed by atoms with Gasteiger partial charge in [0.2, 0.25) is 5.91 Å². The molecule has 3 nitrogen and oxygen atoms in total. The van der Waals surface area contributed by atoms with Crippen LogP contribution in [0.2, 0.25) is 0 Å². The van der Waals surface area contributed by atoms with Crippen LogP contribution >= 0.6 is 15.9 Å². The van der Waals surface area contributed by atoms with Gasteiger partial charge in [-0.2, -0.15) is 0 Å². The van der Waals surface area contributed by atoms with E-state index >= 15 is 0 Å². The van der Waals surface area contributed by atoms with Gasteiger partial charge in [-0.15, -0.1) is 0 Å². The van der Waals surface area contributed by atoms with Crippen molar-refractivity contribution in [2.45, 2.75) is 12.6 Å². The topological polar surface area (TPSA) is 42.0 Å². The molecule has 3 rings (SSSR count). The number of nitrogens with one attached hydrogen (secondary N) is 1. The van der Waals surface area contributed by atoms with E-state index in [1.54, 1.807) is 12.3 Å². The Morgan fingerprint density at radius 3 is 2.89 bits per heavy atom. The van der Waals surface area contributed by atoms with Crippen LogP contribution in [0, 0.1) is 5.92 Å². The van der Waals surface area contributed by atoms with E-state index in [0.717, 1.165) is 15.2 Å². The standard InChI is InChI=1S/C13H10BrFN2O/c14-9-2-1-7-4-12(16-6-8(7)3-9)17-13(18)10-5-11(10)15/h1-4,6,10-11H,5H2,(H,16,17,18). The van der Waals surface area contributed by atoms with E-state index < -0.39 is 12.1 Å². The highest BCUT2D eigenvalue weighted by molar-refractivity contribution is 9.10. The molecule has 0 spiro atoms. The van der Waals surface area contributed by atoms with Gasteiger partial charge in [0.05, 0.1) is 5.92 Å². The van der Waals surface area contributed by atoms with Crippen molar-refractivity contribution >= 4 is 38.4 Å². The van der Waals surface area contributed by atoms with Crippen molar-refractivity contribution < 1.29 is 9.18 Å². The van der Waals surface area contributed by atoms with E-state index in [1.807, 2.05) is 18.2 Å². The summed E-state index contributed by atoms with van der Waals surface area (Å²) in [6.45, 7) is 0. The summed E-state index contributed by atoms with van der Waals surface area (Å²) in [6, 6.07) is 7.60. The van der Waals surface area contributed by atoms with Gasteiger partial charge in [0.1, 0.15) is 12.0 Å². The van der Waals surface area contributed by atoms with Crippen LogP contribution in [0.25, 0.3) is 10.8 Å². The zero-order valence-electron chi connectivity index (χ0n) is 9.36. The smallest absolute Gasteiger partial charge is 0.231 e. The Hall–Kier alpha value is -1.49. The molecular formula is C13H10BrFN2O. The maximum absolute atomic E-state index is 12.7. The molecule has 1 aromatic carbocycles. The molecule has 1 N–H and O–H groups in total. The van der Waals surface area contributed by atoms with Gasteiger partial charge >= 0.3 is 0 Å². The summed E-state index contributed by atoms with van der Waals surface area (Å²) in [4.78, 5) is 15.7. The fourth-order valence-corrected chi connectivity index (χ4v) is 2.21. The minimum Gasteiger partial charge on any atom is -0.310 e. The third kappa shape index (κ3) is 2.22. The molecule has 5 heteroatoms. The number of hydrogen-bond acceptors (Lipinski definition) is 2. The summed E-state index contributed by atoms with van der Waals surface area (Å²) in [6.07, 6.45) is 1.03. The van der Waals surface area contributed by atoms with Gasteiger partial charge in [0.15, 0.2) is 0 Å². The molecule has 92 valence electrons. The lowest BCUT2D eigenvalue weighted by atomic mass is 10.2. The first-order valence-corrected chi connectivity index (χ1v) is 6.43. The average Bonchev–Trinajstić information content (AvgIpc) is 3.07. The second-order valence-electron chi connectivity index (χ2n) is 4.41. The van der Waals surface area contributed by atoms with Crippen molar-refractivity contribution in [2.24, 2.45) is 5.92 Å². The van der Waals surface area contributed by atoms with Crippen LogP contribution in [0.1, 0.15) is 6.42 Å². The van der Waals surface area contributed by atoms with Crippen LogP contribution in [-0.2, 0) is 4.79 Å². The summed E-state index contributed by atoms with van der Waals surface area (Å²) in [5.41, 5.74) is 0. The molecule has 1 aliphatic carbocycles. The number of rotatable bonds is 2. The van der Waals surface area contributed by atoms with Crippen LogP contribution in [-0.4, -0.2) is 17.1 Å². The monoisotopic (exact) mass is 308 g/mol. The molecule has 2 unspecified atom stereocenters. The molecule has 2 aromatic rings. The highest BCUT2D eigenvalue weighted by Crippen LogP contribution is 2.34. The van der Waals surface area contributed by atoms with E-state index in [1.165, 1.54) is 0 Å². The number of fused-ring (bicyclic) bond motifs is 1. The first-order valence-electron chi connectivity index (χ1n) is 5.64. The molecule has 1 saturated carbocycles. The zero-order chi connectivity index (χ0) is 12.7. The van der Waals surface area contributed by atoms with Crippen LogP contribution in [0.4, 0.5) is 10.2 Å². The third-order valence-electron chi connectivity index (χ3n) is 2.98. The number of halogens is 2. The fraction of sp³-hybridized carbons (Fsp3) is 0.231. The number of carbonyl (C=O) groups is 1. The molecule has 18 heavy (non-hydrogen) atoms. The summed E-state index contributed by atoms with van der Waals surface area (Å²) >= 11 is 3.39. The Kier molecular flexibility index (Phi) is 2.78. The number of anilines is 1. The van der Waals surface area contributed by atoms with E-state index in [-0.39, 0.29) is 5.91 Å². The van der Waals surface area contributed by atoms with Crippen molar-refractivity contribution in [1.82, 2.24) is 4.98 Å². The van der Waals surface area contributed by atoms with Gasteiger partial charge in [-0.05, 0) is 30.0 Å². The number of hydrogen-bond donors (Lipinski definition) is 1. The average molecular weight is 309 g/mol. The predicted molar refractivity (Wildman–Crippen MR) is 71.1 cm³/mol. The third-order valence-corrected chi connectivity index (χ3v) is 3.48. The van der Waals surface area contributed by atoms with E-state index in [4.69, 9.17) is 0 Å². The lowest BCUT2D eigenvalue weighted by Gasteiger charge is -2.05. The van der Waals surface area contributed by atoms with E-state index in [2.05, 4.69) is 26.2 Å². The SMILES string of the molecule is O=C(Nc1cc2ccc(Br)cc2cn1)C1CC1F. The van der Waals surface area contributed by atoms with Gasteiger partial charge in [0.25, 0.3) is 0 Å². The Morgan fingerprint density at radius 1 is 1.39 bits per heavy atom. The molecule has 0 aliphatic heterocycles. The van der Waals surface area contributed by atoms with Crippen LogP contribution in [0.3, 0.4) is 0 Å². The minimum absolute atomic E-state index is 0.286. The molecular weight excluding hydrogens is 299 g/mol. The van der Waals surface area contributed by atoms with Crippen LogP contribution in [0.5, 0.6) is 0 Å². The molecule has 1 fully saturated rings. The van der Waals surface area contributed by atoms with Crippen molar-refractivity contribution in [3.63, 3.8) is 0 Å². The molecule has 1 heterocycles. The predicted octanol–water partition coefficient (Wildman–Crippen LogP) is 3.29. The fourth-order valence-electron chi connectivity index (χ4n) is 1.84. The van der Waals surface area contributed by atoms with Crippen LogP contribution < -0.4 is 5.32 Å². The number of aromatic nitrogens is 1. The lowest BCUT2D eigenvalue weighted by Crippen LogP contribution is -2.15. The molecule has 0 radical (unpaired) electrons. The zero-order valence-corrected chi connectivity index (χ0v) is 10.9. The highest BCUT2D eigenvalue weighted by atomic mass is 79.9. The summed E-state index contributed by atoms with van der Waals surface area (Å²) < 4.78 is 13.7. The molecule has 1 aliphatic rings. The number of amides is 1. The minimum atomic E-state index is -0.985. The number of pyridine rings is 1. The maximum Gasteiger partial charge on any atom is 0.231 e. The number of alkyl halides is 1. The normalized spacial score (nSPS) is 21.9. The number of benzene rings is 1. The molecule has 1 aromatic heterocycles. The maximum atomic E-state index is 12.7. The van der Waals surface area contributed by atoms with Gasteiger partial charge in [-0.1, -0.05) is 22.0 Å². The molecule has 1 amide bonds. The first kappa shape index (κ1) is 11.6. The molecule has 2 atom stereocenters. The van der Waals surface area contributed by atoms with Crippen molar-refractivity contribution in [3.8, 4) is 0 Å². The summed E-state index contributed by atoms with van der Waals surface area (Å²) in [7, 11) is 0. The Morgan fingerprint density at radius 2 is 2.17 bits per heavy atom. The second kappa shape index (κ2) is 4.31. The number of carbonyl (C=O) groups excluding carboxylic acids is 1. The summed E-state index contributed by atoms with van der Waals surface area (Å²) in [5, 5.41) is 4.61. The Bertz CT molecular complexity index is 631. The van der Waals surface area contributed by atoms with Gasteiger partial charge < -0.3 is 5.32 Å². The largest absolute Gasteiger partial charge is 0.310 e. The van der Waals surface area contributed by atoms with Crippen LogP contribution in [0.15, 0.2) is 34.9 Å². The van der Waals surface area contributed by atoms with Gasteiger partial charge in [0, 0.05) is 16.1 Å². The Balaban J connectivity index is 1.84. The molecule has 0 saturated heterocycles. The van der Waals surface area contributed by atoms with E-state index in [9.17, 15) is 9.18 Å². The quantitative estimate of drug-likeness (QED) is 0.925. The highest BCUT2D eigenvalue weighted by Gasteiger charge is 2.43. The number of nitrogens with zero attached hydrogens (tertiary/aromatic N) is 1. The first-order chi connectivity index (χ1) is 8.63.